The van der Waals surface area contributed by atoms with Crippen molar-refractivity contribution in [1.29, 1.82) is 0 Å². The summed E-state index contributed by atoms with van der Waals surface area (Å²) in [6.45, 7) is 8.90. The minimum atomic E-state index is 0.0943. The molecule has 1 aliphatic rings. The number of likely N-dealkylation sites (tertiary alicyclic amines) is 1. The van der Waals surface area contributed by atoms with Gasteiger partial charge in [0, 0.05) is 25.8 Å². The Hall–Kier alpha value is -1.58. The third-order valence-corrected chi connectivity index (χ3v) is 3.57. The summed E-state index contributed by atoms with van der Waals surface area (Å²) in [6, 6.07) is 3.68. The number of rotatable bonds is 3. The Morgan fingerprint density at radius 1 is 1.53 bits per heavy atom. The minimum absolute atomic E-state index is 0.0943. The zero-order valence-electron chi connectivity index (χ0n) is 12.1. The number of pyridine rings is 1. The zero-order valence-corrected chi connectivity index (χ0v) is 12.1. The van der Waals surface area contributed by atoms with Gasteiger partial charge < -0.3 is 10.2 Å². The van der Waals surface area contributed by atoms with Gasteiger partial charge >= 0.3 is 0 Å². The van der Waals surface area contributed by atoms with E-state index in [2.05, 4.69) is 24.1 Å². The molecule has 0 aliphatic carbocycles. The van der Waals surface area contributed by atoms with Crippen LogP contribution in [0, 0.1) is 5.41 Å². The topological polar surface area (TPSA) is 45.2 Å². The van der Waals surface area contributed by atoms with Gasteiger partial charge in [0.05, 0.1) is 5.56 Å². The average molecular weight is 261 g/mol. The van der Waals surface area contributed by atoms with E-state index in [1.165, 1.54) is 6.42 Å². The number of hydrogen-bond donors (Lipinski definition) is 1. The van der Waals surface area contributed by atoms with Crippen molar-refractivity contribution in [2.24, 2.45) is 5.41 Å². The van der Waals surface area contributed by atoms with Crippen LogP contribution in [0.3, 0.4) is 0 Å². The van der Waals surface area contributed by atoms with Crippen molar-refractivity contribution in [3.8, 4) is 0 Å². The molecule has 4 heteroatoms. The highest BCUT2D eigenvalue weighted by Gasteiger charge is 2.30. The van der Waals surface area contributed by atoms with E-state index in [9.17, 15) is 4.79 Å². The number of carbonyl (C=O) groups excluding carboxylic acids is 1. The number of hydrogen-bond acceptors (Lipinski definition) is 3. The number of amides is 1. The van der Waals surface area contributed by atoms with Crippen molar-refractivity contribution < 1.29 is 4.79 Å². The van der Waals surface area contributed by atoms with E-state index in [4.69, 9.17) is 0 Å². The summed E-state index contributed by atoms with van der Waals surface area (Å²) in [5.41, 5.74) is 0.899. The first-order chi connectivity index (χ1) is 9.03. The lowest BCUT2D eigenvalue weighted by Crippen LogP contribution is -2.43. The van der Waals surface area contributed by atoms with Crippen LogP contribution in [0.4, 0.5) is 5.82 Å². The lowest BCUT2D eigenvalue weighted by molar-refractivity contribution is 0.0584. The van der Waals surface area contributed by atoms with Gasteiger partial charge in [-0.05, 0) is 37.3 Å². The molecule has 0 atom stereocenters. The molecule has 1 aromatic heterocycles. The Bertz CT molecular complexity index is 456. The molecule has 1 saturated heterocycles. The number of carbonyl (C=O) groups is 1. The summed E-state index contributed by atoms with van der Waals surface area (Å²) in [5, 5.41) is 3.16. The van der Waals surface area contributed by atoms with Crippen LogP contribution in [0.25, 0.3) is 0 Å². The standard InChI is InChI=1S/C15H23N3O/c1-4-16-13-12(7-5-9-17-13)14(19)18-10-6-8-15(2,3)11-18/h5,7,9H,4,6,8,10-11H2,1-3H3,(H,16,17). The maximum Gasteiger partial charge on any atom is 0.257 e. The fraction of sp³-hybridized carbons (Fsp3) is 0.600. The zero-order chi connectivity index (χ0) is 13.9. The molecule has 1 fully saturated rings. The first-order valence-corrected chi connectivity index (χ1v) is 7.02. The van der Waals surface area contributed by atoms with Crippen LogP contribution in [-0.4, -0.2) is 35.4 Å². The second kappa shape index (κ2) is 5.59. The fourth-order valence-electron chi connectivity index (χ4n) is 2.65. The molecule has 1 N–H and O–H groups in total. The van der Waals surface area contributed by atoms with Gasteiger partial charge in [-0.15, -0.1) is 0 Å². The Balaban J connectivity index is 2.19. The van der Waals surface area contributed by atoms with E-state index < -0.39 is 0 Å². The lowest BCUT2D eigenvalue weighted by atomic mass is 9.84. The van der Waals surface area contributed by atoms with Gasteiger partial charge in [0.25, 0.3) is 5.91 Å². The Kier molecular flexibility index (Phi) is 4.08. The number of nitrogens with one attached hydrogen (secondary N) is 1. The second-order valence-corrected chi connectivity index (χ2v) is 5.92. The van der Waals surface area contributed by atoms with Gasteiger partial charge in [0.2, 0.25) is 0 Å². The summed E-state index contributed by atoms with van der Waals surface area (Å²) < 4.78 is 0. The van der Waals surface area contributed by atoms with Crippen molar-refractivity contribution in [3.05, 3.63) is 23.9 Å². The van der Waals surface area contributed by atoms with Crippen molar-refractivity contribution in [2.45, 2.75) is 33.6 Å². The molecule has 0 saturated carbocycles. The molecule has 1 aliphatic heterocycles. The second-order valence-electron chi connectivity index (χ2n) is 5.92. The van der Waals surface area contributed by atoms with Gasteiger partial charge in [0.1, 0.15) is 5.82 Å². The number of anilines is 1. The predicted octanol–water partition coefficient (Wildman–Crippen LogP) is 2.78. The van der Waals surface area contributed by atoms with Crippen molar-refractivity contribution in [1.82, 2.24) is 9.88 Å². The van der Waals surface area contributed by atoms with Crippen molar-refractivity contribution in [3.63, 3.8) is 0 Å². The SMILES string of the molecule is CCNc1ncccc1C(=O)N1CCCC(C)(C)C1. The van der Waals surface area contributed by atoms with Crippen LogP contribution in [0.1, 0.15) is 44.0 Å². The van der Waals surface area contributed by atoms with Crippen molar-refractivity contribution in [2.75, 3.05) is 25.0 Å². The van der Waals surface area contributed by atoms with E-state index in [1.807, 2.05) is 24.0 Å². The van der Waals surface area contributed by atoms with Gasteiger partial charge in [0.15, 0.2) is 0 Å². The molecule has 19 heavy (non-hydrogen) atoms. The molecule has 0 radical (unpaired) electrons. The van der Waals surface area contributed by atoms with Crippen LogP contribution >= 0.6 is 0 Å². The monoisotopic (exact) mass is 261 g/mol. The summed E-state index contributed by atoms with van der Waals surface area (Å²) in [6.07, 6.45) is 3.98. The van der Waals surface area contributed by atoms with E-state index >= 15 is 0 Å². The fourth-order valence-corrected chi connectivity index (χ4v) is 2.65. The Labute approximate surface area is 115 Å². The smallest absolute Gasteiger partial charge is 0.257 e. The molecule has 0 unspecified atom stereocenters. The summed E-state index contributed by atoms with van der Waals surface area (Å²) in [7, 11) is 0. The predicted molar refractivity (Wildman–Crippen MR) is 77.3 cm³/mol. The van der Waals surface area contributed by atoms with Gasteiger partial charge in [-0.1, -0.05) is 13.8 Å². The summed E-state index contributed by atoms with van der Waals surface area (Å²) in [5.74, 6) is 0.787. The van der Waals surface area contributed by atoms with Gasteiger partial charge in [-0.25, -0.2) is 4.98 Å². The Morgan fingerprint density at radius 3 is 3.00 bits per heavy atom. The molecular weight excluding hydrogens is 238 g/mol. The van der Waals surface area contributed by atoms with Crippen molar-refractivity contribution >= 4 is 11.7 Å². The molecule has 0 aromatic carbocycles. The quantitative estimate of drug-likeness (QED) is 0.910. The third kappa shape index (κ3) is 3.25. The van der Waals surface area contributed by atoms with Crippen LogP contribution in [0.15, 0.2) is 18.3 Å². The summed E-state index contributed by atoms with van der Waals surface area (Å²) in [4.78, 5) is 18.9. The summed E-state index contributed by atoms with van der Waals surface area (Å²) >= 11 is 0. The van der Waals surface area contributed by atoms with E-state index in [0.29, 0.717) is 11.4 Å². The van der Waals surface area contributed by atoms with E-state index in [-0.39, 0.29) is 11.3 Å². The number of piperidine rings is 1. The Morgan fingerprint density at radius 2 is 2.32 bits per heavy atom. The molecule has 1 amide bonds. The van der Waals surface area contributed by atoms with Crippen LogP contribution in [0.5, 0.6) is 0 Å². The molecule has 2 rings (SSSR count). The highest BCUT2D eigenvalue weighted by atomic mass is 16.2. The number of nitrogens with zero attached hydrogens (tertiary/aromatic N) is 2. The highest BCUT2D eigenvalue weighted by Crippen LogP contribution is 2.29. The molecule has 0 bridgehead atoms. The van der Waals surface area contributed by atoms with Crippen LogP contribution < -0.4 is 5.32 Å². The largest absolute Gasteiger partial charge is 0.370 e. The first kappa shape index (κ1) is 13.8. The molecule has 104 valence electrons. The van der Waals surface area contributed by atoms with E-state index in [1.54, 1.807) is 6.20 Å². The first-order valence-electron chi connectivity index (χ1n) is 7.02. The molecule has 1 aromatic rings. The van der Waals surface area contributed by atoms with E-state index in [0.717, 1.165) is 26.1 Å². The minimum Gasteiger partial charge on any atom is -0.370 e. The van der Waals surface area contributed by atoms with Gasteiger partial charge in [-0.2, -0.15) is 0 Å². The molecular formula is C15H23N3O. The van der Waals surface area contributed by atoms with Crippen LogP contribution in [0.2, 0.25) is 0 Å². The highest BCUT2D eigenvalue weighted by molar-refractivity contribution is 5.98. The molecule has 0 spiro atoms. The third-order valence-electron chi connectivity index (χ3n) is 3.57. The lowest BCUT2D eigenvalue weighted by Gasteiger charge is -2.38. The normalized spacial score (nSPS) is 18.2. The van der Waals surface area contributed by atoms with Gasteiger partial charge in [-0.3, -0.25) is 4.79 Å². The molecule has 2 heterocycles. The maximum absolute atomic E-state index is 12.6. The van der Waals surface area contributed by atoms with Crippen LogP contribution in [-0.2, 0) is 0 Å². The molecule has 4 nitrogen and oxygen atoms in total. The maximum atomic E-state index is 12.6. The average Bonchev–Trinajstić information content (AvgIpc) is 2.38. The number of aromatic nitrogens is 1.